The lowest BCUT2D eigenvalue weighted by Crippen LogP contribution is -2.10. The minimum atomic E-state index is 0. The monoisotopic (exact) mass is 232 g/mol. The molecule has 0 unspecified atom stereocenters. The zero-order chi connectivity index (χ0) is 14.1. The first-order valence-electron chi connectivity index (χ1n) is 6.45. The Bertz CT molecular complexity index is 256. The lowest BCUT2D eigenvalue weighted by atomic mass is 9.75. The van der Waals surface area contributed by atoms with Gasteiger partial charge in [0, 0.05) is 0 Å². The van der Waals surface area contributed by atoms with Crippen molar-refractivity contribution >= 4 is 7.85 Å². The lowest BCUT2D eigenvalue weighted by Gasteiger charge is -2.18. The highest BCUT2D eigenvalue weighted by atomic mass is 14.2. The molecule has 2 radical (unpaired) electrons. The highest BCUT2D eigenvalue weighted by molar-refractivity contribution is 6.14. The van der Waals surface area contributed by atoms with Gasteiger partial charge in [-0.25, -0.2) is 0 Å². The zero-order valence-electron chi connectivity index (χ0n) is 13.0. The summed E-state index contributed by atoms with van der Waals surface area (Å²) in [6.07, 6.45) is 0. The standard InChI is InChI=1S/C10H14.C4H9B.C2H6/c1-10(2,3)9-7-5-4-6-8-9;1-4(2,3)5;1-2/h4-8H,1-3H3;1-3H3;1-2H3. The Hall–Kier alpha value is -0.715. The van der Waals surface area contributed by atoms with E-state index in [1.165, 1.54) is 5.56 Å². The zero-order valence-corrected chi connectivity index (χ0v) is 13.0. The van der Waals surface area contributed by atoms with E-state index in [4.69, 9.17) is 7.85 Å². The molecule has 0 heterocycles. The van der Waals surface area contributed by atoms with Gasteiger partial charge in [-0.3, -0.25) is 0 Å². The van der Waals surface area contributed by atoms with E-state index in [0.29, 0.717) is 5.41 Å². The molecule has 1 rings (SSSR count). The summed E-state index contributed by atoms with van der Waals surface area (Å²) in [5.41, 5.74) is 1.69. The van der Waals surface area contributed by atoms with Gasteiger partial charge in [0.05, 0.1) is 7.85 Å². The minimum Gasteiger partial charge on any atom is -0.0744 e. The molecule has 17 heavy (non-hydrogen) atoms. The molecule has 0 aromatic heterocycles. The Morgan fingerprint density at radius 3 is 1.24 bits per heavy atom. The summed E-state index contributed by atoms with van der Waals surface area (Å²) in [7, 11) is 5.35. The molecule has 0 bridgehead atoms. The van der Waals surface area contributed by atoms with Gasteiger partial charge in [0.1, 0.15) is 0 Å². The van der Waals surface area contributed by atoms with Crippen LogP contribution in [-0.2, 0) is 5.41 Å². The first kappa shape index (κ1) is 18.6. The van der Waals surface area contributed by atoms with Crippen molar-refractivity contribution in [3.8, 4) is 0 Å². The average Bonchev–Trinajstić information content (AvgIpc) is 2.18. The van der Waals surface area contributed by atoms with Gasteiger partial charge in [-0.15, -0.1) is 0 Å². The Morgan fingerprint density at radius 2 is 1.06 bits per heavy atom. The largest absolute Gasteiger partial charge is 0.0744 e. The molecule has 1 aromatic rings. The maximum Gasteiger partial charge on any atom is 0.0735 e. The summed E-state index contributed by atoms with van der Waals surface area (Å²) in [5, 5.41) is 0. The maximum atomic E-state index is 5.35. The summed E-state index contributed by atoms with van der Waals surface area (Å²) in [6, 6.07) is 10.6. The molecule has 96 valence electrons. The van der Waals surface area contributed by atoms with E-state index in [9.17, 15) is 0 Å². The van der Waals surface area contributed by atoms with Crippen molar-refractivity contribution in [1.82, 2.24) is 0 Å². The van der Waals surface area contributed by atoms with Crippen LogP contribution in [0.4, 0.5) is 0 Å². The van der Waals surface area contributed by atoms with Crippen molar-refractivity contribution in [1.29, 1.82) is 0 Å². The van der Waals surface area contributed by atoms with Gasteiger partial charge < -0.3 is 0 Å². The minimum absolute atomic E-state index is 0. The van der Waals surface area contributed by atoms with Crippen LogP contribution >= 0.6 is 0 Å². The van der Waals surface area contributed by atoms with E-state index < -0.39 is 0 Å². The summed E-state index contributed by atoms with van der Waals surface area (Å²) in [5.74, 6) is 0. The van der Waals surface area contributed by atoms with Crippen LogP contribution in [0, 0.1) is 0 Å². The molecule has 0 aliphatic rings. The van der Waals surface area contributed by atoms with Crippen LogP contribution in [0.1, 0.15) is 61.0 Å². The van der Waals surface area contributed by atoms with Crippen molar-refractivity contribution < 1.29 is 0 Å². The summed E-state index contributed by atoms with van der Waals surface area (Å²) in [4.78, 5) is 0. The summed E-state index contributed by atoms with van der Waals surface area (Å²) >= 11 is 0. The van der Waals surface area contributed by atoms with Gasteiger partial charge in [-0.2, -0.15) is 0 Å². The molecule has 1 heteroatoms. The highest BCUT2D eigenvalue weighted by Gasteiger charge is 2.11. The van der Waals surface area contributed by atoms with Crippen molar-refractivity contribution in [3.05, 3.63) is 35.9 Å². The second-order valence-corrected chi connectivity index (χ2v) is 5.98. The first-order valence-corrected chi connectivity index (χ1v) is 6.45. The van der Waals surface area contributed by atoms with Crippen LogP contribution in [0.25, 0.3) is 0 Å². The Morgan fingerprint density at radius 1 is 0.765 bits per heavy atom. The van der Waals surface area contributed by atoms with E-state index in [2.05, 4.69) is 51.1 Å². The second kappa shape index (κ2) is 8.39. The fourth-order valence-electron chi connectivity index (χ4n) is 0.938. The second-order valence-electron chi connectivity index (χ2n) is 5.98. The average molecular weight is 232 g/mol. The molecule has 0 fully saturated rings. The Balaban J connectivity index is 0. The fraction of sp³-hybridized carbons (Fsp3) is 0.625. The van der Waals surface area contributed by atoms with Crippen LogP contribution in [0.15, 0.2) is 30.3 Å². The normalized spacial score (nSPS) is 10.6. The molecule has 0 saturated carbocycles. The third kappa shape index (κ3) is 15.3. The molecular weight excluding hydrogens is 203 g/mol. The quantitative estimate of drug-likeness (QED) is 0.526. The predicted octanol–water partition coefficient (Wildman–Crippen LogP) is 5.38. The van der Waals surface area contributed by atoms with Crippen molar-refractivity contribution in [2.45, 2.75) is 66.1 Å². The Kier molecular flexibility index (Phi) is 9.20. The molecule has 0 spiro atoms. The topological polar surface area (TPSA) is 0 Å². The van der Waals surface area contributed by atoms with E-state index in [0.717, 1.165) is 0 Å². The molecule has 0 aliphatic heterocycles. The van der Waals surface area contributed by atoms with Crippen molar-refractivity contribution in [2.24, 2.45) is 0 Å². The predicted molar refractivity (Wildman–Crippen MR) is 82.0 cm³/mol. The van der Waals surface area contributed by atoms with Crippen molar-refractivity contribution in [3.63, 3.8) is 0 Å². The summed E-state index contributed by atoms with van der Waals surface area (Å²) < 4.78 is 0. The van der Waals surface area contributed by atoms with Crippen molar-refractivity contribution in [2.75, 3.05) is 0 Å². The van der Waals surface area contributed by atoms with Crippen LogP contribution in [-0.4, -0.2) is 7.85 Å². The van der Waals surface area contributed by atoms with E-state index >= 15 is 0 Å². The molecule has 0 saturated heterocycles. The van der Waals surface area contributed by atoms with Crippen LogP contribution in [0.2, 0.25) is 5.31 Å². The Labute approximate surface area is 110 Å². The van der Waals surface area contributed by atoms with E-state index in [-0.39, 0.29) is 5.31 Å². The number of rotatable bonds is 0. The molecule has 0 amide bonds. The van der Waals surface area contributed by atoms with Gasteiger partial charge >= 0.3 is 0 Å². The number of hydrogen-bond donors (Lipinski definition) is 0. The van der Waals surface area contributed by atoms with Crippen LogP contribution in [0.3, 0.4) is 0 Å². The molecule has 0 aliphatic carbocycles. The SMILES string of the molecule is CC.CC(C)(C)c1ccccc1.[B]C(C)(C)C. The van der Waals surface area contributed by atoms with Gasteiger partial charge in [0.2, 0.25) is 0 Å². The van der Waals surface area contributed by atoms with Gasteiger partial charge in [0.15, 0.2) is 0 Å². The van der Waals surface area contributed by atoms with Gasteiger partial charge in [0.25, 0.3) is 0 Å². The van der Waals surface area contributed by atoms with Crippen LogP contribution < -0.4 is 0 Å². The number of benzene rings is 1. The number of hydrogen-bond acceptors (Lipinski definition) is 0. The summed E-state index contributed by atoms with van der Waals surface area (Å²) in [6.45, 7) is 16.6. The van der Waals surface area contributed by atoms with Gasteiger partial charge in [-0.05, 0) is 11.0 Å². The molecule has 1 aromatic carbocycles. The maximum absolute atomic E-state index is 5.35. The fourth-order valence-corrected chi connectivity index (χ4v) is 0.938. The van der Waals surface area contributed by atoms with E-state index in [1.54, 1.807) is 0 Å². The van der Waals surface area contributed by atoms with Crippen LogP contribution in [0.5, 0.6) is 0 Å². The highest BCUT2D eigenvalue weighted by Crippen LogP contribution is 2.20. The smallest absolute Gasteiger partial charge is 0.0735 e. The first-order chi connectivity index (χ1) is 7.61. The molecular formula is C16H29B. The lowest BCUT2D eigenvalue weighted by molar-refractivity contribution is 0.590. The third-order valence-corrected chi connectivity index (χ3v) is 1.64. The third-order valence-electron chi connectivity index (χ3n) is 1.64. The molecule has 0 N–H and O–H groups in total. The molecule has 0 nitrogen and oxygen atoms in total. The van der Waals surface area contributed by atoms with E-state index in [1.807, 2.05) is 34.6 Å². The molecule has 0 atom stereocenters. The van der Waals surface area contributed by atoms with Gasteiger partial charge in [-0.1, -0.05) is 91.0 Å².